The Balaban J connectivity index is 3.00. The van der Waals surface area contributed by atoms with Crippen molar-refractivity contribution in [2.75, 3.05) is 31.6 Å². The first-order valence-corrected chi connectivity index (χ1v) is 8.04. The molecule has 0 radical (unpaired) electrons. The molecule has 0 aliphatic carbocycles. The van der Waals surface area contributed by atoms with Gasteiger partial charge in [-0.25, -0.2) is 0 Å². The second-order valence-electron chi connectivity index (χ2n) is 4.10. The third-order valence-corrected chi connectivity index (χ3v) is 3.17. The number of rotatable bonds is 8. The molecule has 4 nitrogen and oxygen atoms in total. The first-order chi connectivity index (χ1) is 9.67. The van der Waals surface area contributed by atoms with E-state index in [1.165, 1.54) is 0 Å². The number of carbonyl (C=O) groups excluding carboxylic acids is 1. The molecule has 1 aromatic rings. The van der Waals surface area contributed by atoms with E-state index in [-0.39, 0.29) is 5.91 Å². The van der Waals surface area contributed by atoms with Gasteiger partial charge in [0.05, 0.1) is 13.2 Å². The molecule has 1 amide bonds. The lowest BCUT2D eigenvalue weighted by molar-refractivity contribution is 0.0774. The Kier molecular flexibility index (Phi) is 7.44. The molecule has 0 heterocycles. The minimum Gasteiger partial charge on any atom is -0.490 e. The first kappa shape index (κ1) is 16.8. The summed E-state index contributed by atoms with van der Waals surface area (Å²) in [5, 5.41) is 0.766. The number of carbonyl (C=O) groups is 1. The Bertz CT molecular complexity index is 437. The summed E-state index contributed by atoms with van der Waals surface area (Å²) in [5.41, 5.74) is 0.625. The van der Waals surface area contributed by atoms with Crippen LogP contribution in [0.1, 0.15) is 31.1 Å². The van der Waals surface area contributed by atoms with Gasteiger partial charge in [0.2, 0.25) is 0 Å². The number of nitrogens with zero attached hydrogens (tertiary/aromatic N) is 1. The molecule has 112 valence electrons. The topological polar surface area (TPSA) is 38.8 Å². The molecule has 0 N–H and O–H groups in total. The van der Waals surface area contributed by atoms with E-state index >= 15 is 0 Å². The van der Waals surface area contributed by atoms with E-state index in [1.54, 1.807) is 23.1 Å². The summed E-state index contributed by atoms with van der Waals surface area (Å²) in [5.74, 6) is 1.31. The van der Waals surface area contributed by atoms with E-state index in [4.69, 9.17) is 9.47 Å². The highest BCUT2D eigenvalue weighted by Gasteiger charge is 2.16. The summed E-state index contributed by atoms with van der Waals surface area (Å²) in [6.45, 7) is 8.28. The summed E-state index contributed by atoms with van der Waals surface area (Å²) in [4.78, 5) is 14.2. The lowest BCUT2D eigenvalue weighted by atomic mass is 10.1. The van der Waals surface area contributed by atoms with E-state index in [0.29, 0.717) is 43.4 Å². The average Bonchev–Trinajstić information content (AvgIpc) is 2.46. The van der Waals surface area contributed by atoms with Crippen LogP contribution < -0.4 is 9.47 Å². The smallest absolute Gasteiger partial charge is 0.254 e. The Morgan fingerprint density at radius 3 is 2.35 bits per heavy atom. The normalized spacial score (nSPS) is 10.2. The monoisotopic (exact) mass is 343 g/mol. The number of halogens is 1. The van der Waals surface area contributed by atoms with Crippen molar-refractivity contribution in [2.45, 2.75) is 20.8 Å². The summed E-state index contributed by atoms with van der Waals surface area (Å²) in [7, 11) is 0. The standard InChI is InChI=1S/C15H22BrNO3/c1-4-17(10-9-16)15(18)12-7-8-13(19-5-2)14(11-12)20-6-3/h7-8,11H,4-6,9-10H2,1-3H3. The van der Waals surface area contributed by atoms with E-state index in [0.717, 1.165) is 5.33 Å². The number of hydrogen-bond donors (Lipinski definition) is 0. The maximum atomic E-state index is 12.4. The van der Waals surface area contributed by atoms with Gasteiger partial charge in [0, 0.05) is 24.0 Å². The van der Waals surface area contributed by atoms with Crippen LogP contribution >= 0.6 is 15.9 Å². The molecule has 0 fully saturated rings. The van der Waals surface area contributed by atoms with Crippen molar-refractivity contribution < 1.29 is 14.3 Å². The molecule has 0 saturated carbocycles. The second-order valence-corrected chi connectivity index (χ2v) is 4.89. The van der Waals surface area contributed by atoms with E-state index < -0.39 is 0 Å². The minimum absolute atomic E-state index is 0.0101. The molecule has 0 saturated heterocycles. The highest BCUT2D eigenvalue weighted by Crippen LogP contribution is 2.29. The molecular formula is C15H22BrNO3. The lowest BCUT2D eigenvalue weighted by Crippen LogP contribution is -2.32. The minimum atomic E-state index is 0.0101. The maximum absolute atomic E-state index is 12.4. The summed E-state index contributed by atoms with van der Waals surface area (Å²) >= 11 is 3.36. The van der Waals surface area contributed by atoms with Gasteiger partial charge in [0.15, 0.2) is 11.5 Å². The zero-order valence-electron chi connectivity index (χ0n) is 12.3. The van der Waals surface area contributed by atoms with Crippen LogP contribution in [0.2, 0.25) is 0 Å². The molecule has 0 spiro atoms. The predicted molar refractivity (Wildman–Crippen MR) is 84.2 cm³/mol. The number of hydrogen-bond acceptors (Lipinski definition) is 3. The van der Waals surface area contributed by atoms with Crippen LogP contribution in [-0.2, 0) is 0 Å². The zero-order valence-corrected chi connectivity index (χ0v) is 13.9. The molecule has 5 heteroatoms. The van der Waals surface area contributed by atoms with Crippen molar-refractivity contribution in [2.24, 2.45) is 0 Å². The van der Waals surface area contributed by atoms with E-state index in [9.17, 15) is 4.79 Å². The Morgan fingerprint density at radius 2 is 1.80 bits per heavy atom. The van der Waals surface area contributed by atoms with Gasteiger partial charge in [0.25, 0.3) is 5.91 Å². The Labute approximate surface area is 129 Å². The second kappa shape index (κ2) is 8.84. The van der Waals surface area contributed by atoms with Crippen LogP contribution in [0.15, 0.2) is 18.2 Å². The fourth-order valence-electron chi connectivity index (χ4n) is 1.87. The largest absolute Gasteiger partial charge is 0.490 e. The van der Waals surface area contributed by atoms with Crippen molar-refractivity contribution in [3.8, 4) is 11.5 Å². The molecule has 0 bridgehead atoms. The molecule has 20 heavy (non-hydrogen) atoms. The third-order valence-electron chi connectivity index (χ3n) is 2.81. The summed E-state index contributed by atoms with van der Waals surface area (Å²) in [6, 6.07) is 5.34. The number of amides is 1. The molecular weight excluding hydrogens is 322 g/mol. The van der Waals surface area contributed by atoms with Gasteiger partial charge in [0.1, 0.15) is 0 Å². The van der Waals surface area contributed by atoms with Crippen LogP contribution in [0.4, 0.5) is 0 Å². The predicted octanol–water partition coefficient (Wildman–Crippen LogP) is 3.34. The van der Waals surface area contributed by atoms with Crippen LogP contribution in [0.3, 0.4) is 0 Å². The molecule has 0 aliphatic heterocycles. The quantitative estimate of drug-likeness (QED) is 0.679. The molecule has 0 atom stereocenters. The summed E-state index contributed by atoms with van der Waals surface area (Å²) < 4.78 is 11.0. The van der Waals surface area contributed by atoms with Gasteiger partial charge < -0.3 is 14.4 Å². The molecule has 0 aliphatic rings. The van der Waals surface area contributed by atoms with Crippen LogP contribution in [0.5, 0.6) is 11.5 Å². The Morgan fingerprint density at radius 1 is 1.15 bits per heavy atom. The van der Waals surface area contributed by atoms with Gasteiger partial charge in [-0.05, 0) is 39.0 Å². The van der Waals surface area contributed by atoms with Crippen LogP contribution in [-0.4, -0.2) is 42.4 Å². The fourth-order valence-corrected chi connectivity index (χ4v) is 2.30. The van der Waals surface area contributed by atoms with Gasteiger partial charge in [-0.15, -0.1) is 0 Å². The SMILES string of the molecule is CCOc1ccc(C(=O)N(CC)CCBr)cc1OCC. The van der Waals surface area contributed by atoms with E-state index in [1.807, 2.05) is 20.8 Å². The molecule has 1 aromatic carbocycles. The van der Waals surface area contributed by atoms with Gasteiger partial charge in [-0.1, -0.05) is 15.9 Å². The van der Waals surface area contributed by atoms with Crippen LogP contribution in [0, 0.1) is 0 Å². The third kappa shape index (κ3) is 4.40. The Hall–Kier alpha value is -1.23. The highest BCUT2D eigenvalue weighted by atomic mass is 79.9. The molecule has 0 aromatic heterocycles. The van der Waals surface area contributed by atoms with Crippen molar-refractivity contribution >= 4 is 21.8 Å². The average molecular weight is 344 g/mol. The molecule has 1 rings (SSSR count). The van der Waals surface area contributed by atoms with Gasteiger partial charge in [-0.3, -0.25) is 4.79 Å². The maximum Gasteiger partial charge on any atom is 0.254 e. The van der Waals surface area contributed by atoms with Crippen molar-refractivity contribution in [1.82, 2.24) is 4.90 Å². The van der Waals surface area contributed by atoms with Gasteiger partial charge in [-0.2, -0.15) is 0 Å². The number of benzene rings is 1. The van der Waals surface area contributed by atoms with Gasteiger partial charge >= 0.3 is 0 Å². The van der Waals surface area contributed by atoms with Crippen molar-refractivity contribution in [3.05, 3.63) is 23.8 Å². The highest BCUT2D eigenvalue weighted by molar-refractivity contribution is 9.09. The molecule has 0 unspecified atom stereocenters. The number of alkyl halides is 1. The first-order valence-electron chi connectivity index (χ1n) is 6.92. The fraction of sp³-hybridized carbons (Fsp3) is 0.533. The zero-order chi connectivity index (χ0) is 15.0. The lowest BCUT2D eigenvalue weighted by Gasteiger charge is -2.20. The summed E-state index contributed by atoms with van der Waals surface area (Å²) in [6.07, 6.45) is 0. The van der Waals surface area contributed by atoms with Crippen LogP contribution in [0.25, 0.3) is 0 Å². The van der Waals surface area contributed by atoms with E-state index in [2.05, 4.69) is 15.9 Å². The number of ether oxygens (including phenoxy) is 2. The van der Waals surface area contributed by atoms with Crippen molar-refractivity contribution in [3.63, 3.8) is 0 Å². The van der Waals surface area contributed by atoms with Crippen molar-refractivity contribution in [1.29, 1.82) is 0 Å².